The number of benzene rings is 3. The van der Waals surface area contributed by atoms with Crippen LogP contribution in [0.1, 0.15) is 147 Å². The second kappa shape index (κ2) is 41.7. The van der Waals surface area contributed by atoms with Crippen molar-refractivity contribution in [2.75, 3.05) is 14.2 Å². The molecule has 0 saturated heterocycles. The summed E-state index contributed by atoms with van der Waals surface area (Å²) in [7, 11) is 2.77. The molecule has 6 aromatic heterocycles. The Bertz CT molecular complexity index is 3990. The van der Waals surface area contributed by atoms with Gasteiger partial charge in [0.1, 0.15) is 21.4 Å². The second-order valence-corrected chi connectivity index (χ2v) is 43.6. The van der Waals surface area contributed by atoms with Gasteiger partial charge in [-0.2, -0.15) is 0 Å². The number of ether oxygens (including phenoxy) is 2. The van der Waals surface area contributed by atoms with Gasteiger partial charge >= 0.3 is 177 Å². The van der Waals surface area contributed by atoms with Gasteiger partial charge in [-0.15, -0.1) is 34.0 Å². The number of carboxylic acid groups (broad SMARTS) is 1. The number of halogens is 7. The first-order valence-electron chi connectivity index (χ1n) is 31.2. The van der Waals surface area contributed by atoms with E-state index in [2.05, 4.69) is 99.3 Å². The molecule has 0 aliphatic rings. The summed E-state index contributed by atoms with van der Waals surface area (Å²) >= 11 is 42.1. The molecule has 9 rings (SSSR count). The predicted molar refractivity (Wildman–Crippen MR) is 403 cm³/mol. The molecule has 25 heteroatoms. The van der Waals surface area contributed by atoms with Gasteiger partial charge < -0.3 is 15.3 Å². The van der Waals surface area contributed by atoms with E-state index in [1.54, 1.807) is 71.2 Å². The van der Waals surface area contributed by atoms with Gasteiger partial charge in [-0.25, -0.2) is 34.5 Å². The summed E-state index contributed by atoms with van der Waals surface area (Å²) in [5.74, 6) is -0.333. The first-order valence-corrected chi connectivity index (χ1v) is 44.2. The number of thiazole rings is 3. The van der Waals surface area contributed by atoms with Gasteiger partial charge in [0.25, 0.3) is 0 Å². The minimum atomic E-state index is -2.54. The van der Waals surface area contributed by atoms with Crippen molar-refractivity contribution in [3.8, 4) is 55.2 Å². The number of carboxylic acids is 1. The molecule has 13 nitrogen and oxygen atoms in total. The zero-order chi connectivity index (χ0) is 68.8. The van der Waals surface area contributed by atoms with E-state index in [1.165, 1.54) is 92.0 Å². The minimum Gasteiger partial charge on any atom is -0.870 e. The van der Waals surface area contributed by atoms with Gasteiger partial charge in [0.15, 0.2) is 3.92 Å². The number of nitrogens with zero attached hydrogens (tertiary/aromatic N) is 6. The molecule has 0 amide bonds. The maximum Gasteiger partial charge on any atom is 1.00 e. The molecule has 508 valence electrons. The van der Waals surface area contributed by atoms with E-state index in [0.29, 0.717) is 70.0 Å². The van der Waals surface area contributed by atoms with Gasteiger partial charge in [-0.1, -0.05) is 141 Å². The van der Waals surface area contributed by atoms with E-state index in [4.69, 9.17) is 99.1 Å². The van der Waals surface area contributed by atoms with Crippen molar-refractivity contribution < 1.29 is 53.3 Å². The topological polar surface area (TPSA) is 197 Å². The van der Waals surface area contributed by atoms with Crippen LogP contribution in [-0.2, 0) is 28.7 Å². The monoisotopic (exact) mass is 1640 g/mol. The normalized spacial score (nSPS) is 11.0. The summed E-state index contributed by atoms with van der Waals surface area (Å²) < 4.78 is 15.9. The number of hydrogen-bond donors (Lipinski definition) is 1. The molecule has 2 N–H and O–H groups in total. The van der Waals surface area contributed by atoms with Crippen molar-refractivity contribution in [3.05, 3.63) is 175 Å². The van der Waals surface area contributed by atoms with Gasteiger partial charge in [-0.3, -0.25) is 0 Å². The zero-order valence-corrected chi connectivity index (χ0v) is 67.5. The molecule has 0 unspecified atom stereocenters. The third-order valence-electron chi connectivity index (χ3n) is 14.7. The summed E-state index contributed by atoms with van der Waals surface area (Å²) in [6, 6.07) is 32.7. The molecule has 0 bridgehead atoms. The predicted octanol–water partition coefficient (Wildman–Crippen LogP) is 20.1. The molecule has 6 heterocycles. The van der Waals surface area contributed by atoms with Crippen molar-refractivity contribution in [1.82, 2.24) is 29.9 Å². The van der Waals surface area contributed by atoms with Crippen molar-refractivity contribution in [1.29, 1.82) is 0 Å². The number of esters is 2. The number of aromatic nitrogens is 6. The number of aromatic carboxylic acids is 1. The number of carbonyl (C=O) groups is 3. The molecule has 0 fully saturated rings. The Hall–Kier alpha value is -4.01. The number of pyridine rings is 3. The Balaban J connectivity index is 0.000000273. The summed E-state index contributed by atoms with van der Waals surface area (Å²) in [5.41, 5.74) is 7.43. The van der Waals surface area contributed by atoms with Crippen LogP contribution in [0.25, 0.3) is 55.2 Å². The van der Waals surface area contributed by atoms with Crippen molar-refractivity contribution in [3.63, 3.8) is 0 Å². The molecule has 0 atom stereocenters. The third-order valence-corrected chi connectivity index (χ3v) is 35.8. The maximum atomic E-state index is 11.9. The van der Waals surface area contributed by atoms with Gasteiger partial charge in [0.05, 0.1) is 65.7 Å². The van der Waals surface area contributed by atoms with Crippen LogP contribution in [0.2, 0.25) is 43.4 Å². The fourth-order valence-corrected chi connectivity index (χ4v) is 30.7. The van der Waals surface area contributed by atoms with E-state index in [9.17, 15) is 14.4 Å². The van der Waals surface area contributed by atoms with E-state index >= 15 is 0 Å². The van der Waals surface area contributed by atoms with Gasteiger partial charge in [-0.05, 0) is 114 Å². The molecule has 0 aliphatic carbocycles. The van der Waals surface area contributed by atoms with Crippen molar-refractivity contribution in [2.24, 2.45) is 17.8 Å². The van der Waals surface area contributed by atoms with E-state index in [-0.39, 0.29) is 41.7 Å². The molecule has 9 aromatic rings. The Kier molecular flexibility index (Phi) is 36.6. The van der Waals surface area contributed by atoms with Crippen LogP contribution in [-0.4, -0.2) is 91.0 Å². The Labute approximate surface area is 631 Å². The number of hydrogen-bond acceptors (Lipinski definition) is 15. The number of carbonyl (C=O) groups excluding carboxylic acids is 2. The summed E-state index contributed by atoms with van der Waals surface area (Å²) in [5, 5.41) is 13.7. The summed E-state index contributed by atoms with van der Waals surface area (Å²) in [6.45, 7) is 19.8. The van der Waals surface area contributed by atoms with Crippen LogP contribution in [0.5, 0.6) is 0 Å². The fraction of sp³-hybridized carbons (Fsp3) is 0.366. The van der Waals surface area contributed by atoms with Crippen LogP contribution in [0, 0.1) is 17.8 Å². The number of rotatable bonds is 24. The van der Waals surface area contributed by atoms with Crippen LogP contribution in [0.4, 0.5) is 0 Å². The molecular weight excluding hydrogens is 1560 g/mol. The molecule has 3 aromatic carbocycles. The first-order chi connectivity index (χ1) is 44.8. The van der Waals surface area contributed by atoms with Crippen LogP contribution in [0.3, 0.4) is 0 Å². The molecule has 0 spiro atoms. The smallest absolute Gasteiger partial charge is 0.870 e. The third kappa shape index (κ3) is 24.7. The fourth-order valence-electron chi connectivity index (χ4n) is 10.1. The first kappa shape index (κ1) is 84.4. The molecule has 0 saturated carbocycles. The molecule has 96 heavy (non-hydrogen) atoms. The average Bonchev–Trinajstić information content (AvgIpc) is 1.44. The van der Waals surface area contributed by atoms with Crippen LogP contribution >= 0.6 is 120 Å². The van der Waals surface area contributed by atoms with Crippen LogP contribution in [0.15, 0.2) is 113 Å². The van der Waals surface area contributed by atoms with Gasteiger partial charge in [0, 0.05) is 31.3 Å². The number of unbranched alkanes of at least 4 members (excludes halogenated alkanes) is 3. The molecule has 0 radical (unpaired) electrons. The molecule has 0 aliphatic heterocycles. The molecular formula is C71H80BrCl6LiN6O7S3Sn. The summed E-state index contributed by atoms with van der Waals surface area (Å²) in [4.78, 5) is 65.8. The van der Waals surface area contributed by atoms with Crippen molar-refractivity contribution >= 4 is 160 Å². The minimum absolute atomic E-state index is 0. The zero-order valence-electron chi connectivity index (χ0n) is 56.1. The van der Waals surface area contributed by atoms with Crippen LogP contribution < -0.4 is 22.6 Å². The van der Waals surface area contributed by atoms with Gasteiger partial charge in [0.2, 0.25) is 0 Å². The quantitative estimate of drug-likeness (QED) is 0.0443. The maximum absolute atomic E-state index is 11.9. The SMILES string of the molecule is CC(C)Cc1sc(-c2cccc(C(=O)O)n2)nc1-c1ccc(Cl)c(Cl)c1.CC(C)Cc1sc(Br)nc1-c1ccc(Cl)c(Cl)c1.CCC[CH2][Sn]([CH2]CCC)([CH2]CCC)[c]1cccc(C(=O)OC)n1.COC(=O)c1cccc(-c2nc(-c3ccc(Cl)c(Cl)c3)c(CC(C)C)s2)n1.[Li+].[OH-]. The second-order valence-electron chi connectivity index (χ2n) is 23.6. The van der Waals surface area contributed by atoms with E-state index in [0.717, 1.165) is 71.7 Å². The largest absolute Gasteiger partial charge is 1.00 e. The Morgan fingerprint density at radius 3 is 1.18 bits per heavy atom. The van der Waals surface area contributed by atoms with E-state index in [1.807, 2.05) is 48.5 Å². The van der Waals surface area contributed by atoms with Crippen molar-refractivity contribution in [2.45, 2.75) is 133 Å². The van der Waals surface area contributed by atoms with E-state index < -0.39 is 30.3 Å². The Morgan fingerprint density at radius 1 is 0.479 bits per heavy atom. The standard InChI is InChI=1S/C20H18Cl2N2O2S.C19H16Cl2N2O2S.C13H12BrCl2NS.C7H6NO2.3C4H9.Li.H2O.Sn/c1-11(2)9-17-18(12-7-8-13(21)14(22)10-12)24-19(27-17)15-5-4-6-16(23-15)20(25)26-3;1-10(2)8-16-17(11-6-7-12(20)13(21)9-11)23-18(26-16)14-4-3-5-15(22-14)19(24)25;1-7(2)5-11-12(17-13(14)18-11)8-3-4-9(15)10(16)6-8;1-10-7(9)6-4-2-3-5-8-6;3*1-3-4-2;;;/h4-8,10-11H,9H2,1-3H3;3-7,9-10H,8H2,1-2H3,(H,24,25);3-4,6-7H,5H2,1-2H3;2-4H,1H3;3*1,3-4H2,2H3;;1H2;/q;;;;;;;+1;;/p-1. The average molecular weight is 1640 g/mol. The Morgan fingerprint density at radius 2 is 0.823 bits per heavy atom. The number of methoxy groups -OCH3 is 2. The summed E-state index contributed by atoms with van der Waals surface area (Å²) in [6.07, 6.45) is 10.4.